The number of aliphatic hydroxyl groups excluding tert-OH is 1. The lowest BCUT2D eigenvalue weighted by molar-refractivity contribution is 0.112. The highest BCUT2D eigenvalue weighted by atomic mass is 16.3. The smallest absolute Gasteiger partial charge is 0.0471 e. The minimum absolute atomic E-state index is 0.332. The Labute approximate surface area is 128 Å². The molecule has 3 nitrogen and oxygen atoms in total. The second kappa shape index (κ2) is 6.91. The van der Waals surface area contributed by atoms with Crippen molar-refractivity contribution in [1.82, 2.24) is 4.90 Å². The normalized spacial score (nSPS) is 34.2. The van der Waals surface area contributed by atoms with Gasteiger partial charge in [-0.25, -0.2) is 0 Å². The molecule has 4 atom stereocenters. The lowest BCUT2D eigenvalue weighted by Gasteiger charge is -2.41. The van der Waals surface area contributed by atoms with Crippen molar-refractivity contribution in [3.63, 3.8) is 0 Å². The molecule has 0 amide bonds. The Hall–Kier alpha value is -0.900. The van der Waals surface area contributed by atoms with Crippen LogP contribution in [0, 0.1) is 11.8 Å². The second-order valence-corrected chi connectivity index (χ2v) is 6.82. The highest BCUT2D eigenvalue weighted by Gasteiger charge is 2.37. The second-order valence-electron chi connectivity index (χ2n) is 6.82. The van der Waals surface area contributed by atoms with Crippen LogP contribution in [0.1, 0.15) is 37.2 Å². The predicted octanol–water partition coefficient (Wildman–Crippen LogP) is 2.21. The van der Waals surface area contributed by atoms with Crippen LogP contribution >= 0.6 is 0 Å². The van der Waals surface area contributed by atoms with Gasteiger partial charge in [0.25, 0.3) is 0 Å². The first-order chi connectivity index (χ1) is 10.3. The van der Waals surface area contributed by atoms with Gasteiger partial charge in [-0.1, -0.05) is 30.3 Å². The summed E-state index contributed by atoms with van der Waals surface area (Å²) < 4.78 is 0. The summed E-state index contributed by atoms with van der Waals surface area (Å²) in [6.45, 7) is 3.32. The zero-order valence-corrected chi connectivity index (χ0v) is 12.8. The van der Waals surface area contributed by atoms with E-state index in [9.17, 15) is 5.11 Å². The molecular weight excluding hydrogens is 260 g/mol. The first kappa shape index (κ1) is 15.0. The molecule has 2 aliphatic rings. The summed E-state index contributed by atoms with van der Waals surface area (Å²) in [7, 11) is 0. The quantitative estimate of drug-likeness (QED) is 0.893. The van der Waals surface area contributed by atoms with Gasteiger partial charge in [-0.2, -0.15) is 0 Å². The van der Waals surface area contributed by atoms with Crippen molar-refractivity contribution in [1.29, 1.82) is 0 Å². The van der Waals surface area contributed by atoms with Crippen LogP contribution in [0.4, 0.5) is 0 Å². The van der Waals surface area contributed by atoms with E-state index in [4.69, 9.17) is 5.73 Å². The van der Waals surface area contributed by atoms with E-state index in [2.05, 4.69) is 35.2 Å². The molecule has 4 unspecified atom stereocenters. The number of nitrogens with zero attached hydrogens (tertiary/aromatic N) is 1. The highest BCUT2D eigenvalue weighted by Crippen LogP contribution is 2.39. The number of hydrogen-bond donors (Lipinski definition) is 2. The Kier molecular flexibility index (Phi) is 4.94. The molecule has 116 valence electrons. The molecule has 0 spiro atoms. The maximum atomic E-state index is 9.38. The van der Waals surface area contributed by atoms with Gasteiger partial charge in [0, 0.05) is 19.2 Å². The number of aliphatic hydroxyl groups is 1. The topological polar surface area (TPSA) is 49.5 Å². The molecule has 1 saturated heterocycles. The van der Waals surface area contributed by atoms with Gasteiger partial charge in [-0.3, -0.25) is 4.90 Å². The lowest BCUT2D eigenvalue weighted by atomic mass is 9.75. The van der Waals surface area contributed by atoms with Gasteiger partial charge >= 0.3 is 0 Å². The van der Waals surface area contributed by atoms with Crippen molar-refractivity contribution in [2.75, 3.05) is 26.2 Å². The van der Waals surface area contributed by atoms with Gasteiger partial charge in [0.15, 0.2) is 0 Å². The van der Waals surface area contributed by atoms with E-state index >= 15 is 0 Å². The maximum absolute atomic E-state index is 9.38. The molecule has 2 fully saturated rings. The minimum Gasteiger partial charge on any atom is -0.396 e. The Bertz CT molecular complexity index is 436. The van der Waals surface area contributed by atoms with Crippen LogP contribution in [0.25, 0.3) is 0 Å². The highest BCUT2D eigenvalue weighted by molar-refractivity contribution is 5.20. The van der Waals surface area contributed by atoms with E-state index in [1.54, 1.807) is 0 Å². The van der Waals surface area contributed by atoms with Crippen LogP contribution in [0.2, 0.25) is 0 Å². The molecular formula is C18H28N2O. The number of likely N-dealkylation sites (tertiary alicyclic amines) is 1. The minimum atomic E-state index is 0.332. The van der Waals surface area contributed by atoms with E-state index in [-0.39, 0.29) is 0 Å². The number of rotatable bonds is 4. The Balaban J connectivity index is 1.70. The average molecular weight is 288 g/mol. The fourth-order valence-electron chi connectivity index (χ4n) is 4.27. The van der Waals surface area contributed by atoms with Gasteiger partial charge < -0.3 is 10.8 Å². The molecule has 3 heteroatoms. The summed E-state index contributed by atoms with van der Waals surface area (Å²) in [5, 5.41) is 9.38. The van der Waals surface area contributed by atoms with Gasteiger partial charge in [-0.05, 0) is 62.1 Å². The van der Waals surface area contributed by atoms with Gasteiger partial charge in [0.05, 0.1) is 0 Å². The van der Waals surface area contributed by atoms with Crippen LogP contribution in [0.15, 0.2) is 30.3 Å². The Morgan fingerprint density at radius 2 is 1.95 bits per heavy atom. The van der Waals surface area contributed by atoms with Crippen molar-refractivity contribution in [3.8, 4) is 0 Å². The maximum Gasteiger partial charge on any atom is 0.0471 e. The van der Waals surface area contributed by atoms with E-state index in [1.165, 1.54) is 24.8 Å². The molecule has 1 aromatic rings. The summed E-state index contributed by atoms with van der Waals surface area (Å²) in [6.07, 6.45) is 4.87. The summed E-state index contributed by atoms with van der Waals surface area (Å²) >= 11 is 0. The van der Waals surface area contributed by atoms with Crippen molar-refractivity contribution in [2.24, 2.45) is 17.6 Å². The summed E-state index contributed by atoms with van der Waals surface area (Å²) in [5.41, 5.74) is 7.52. The first-order valence-corrected chi connectivity index (χ1v) is 8.41. The van der Waals surface area contributed by atoms with E-state index in [0.717, 1.165) is 26.1 Å². The molecule has 0 bridgehead atoms. The molecule has 0 radical (unpaired) electrons. The fraction of sp³-hybridized carbons (Fsp3) is 0.667. The third-order valence-corrected chi connectivity index (χ3v) is 5.57. The molecule has 1 heterocycles. The van der Waals surface area contributed by atoms with Gasteiger partial charge in [0.1, 0.15) is 0 Å². The van der Waals surface area contributed by atoms with Crippen LogP contribution in [-0.2, 0) is 0 Å². The molecule has 0 aromatic heterocycles. The van der Waals surface area contributed by atoms with Gasteiger partial charge in [-0.15, -0.1) is 0 Å². The molecule has 3 rings (SSSR count). The van der Waals surface area contributed by atoms with Crippen LogP contribution in [0.5, 0.6) is 0 Å². The summed E-state index contributed by atoms with van der Waals surface area (Å²) in [6, 6.07) is 11.5. The van der Waals surface area contributed by atoms with E-state index in [1.807, 2.05) is 0 Å². The van der Waals surface area contributed by atoms with Crippen LogP contribution in [0.3, 0.4) is 0 Å². The standard InChI is InChI=1S/C18H28N2O/c19-11-17-7-6-16(15-4-2-1-3-5-15)10-18(17)20-9-8-14(12-20)13-21/h1-5,14,16-18,21H,6-13,19H2. The number of benzene rings is 1. The molecule has 1 aromatic carbocycles. The SMILES string of the molecule is NCC1CCC(c2ccccc2)CC1N1CCC(CO)C1. The molecule has 1 aliphatic carbocycles. The third kappa shape index (κ3) is 3.31. The van der Waals surface area contributed by atoms with Crippen LogP contribution < -0.4 is 5.73 Å². The third-order valence-electron chi connectivity index (χ3n) is 5.57. The van der Waals surface area contributed by atoms with E-state index in [0.29, 0.717) is 30.4 Å². The Morgan fingerprint density at radius 3 is 2.62 bits per heavy atom. The van der Waals surface area contributed by atoms with E-state index < -0.39 is 0 Å². The fourth-order valence-corrected chi connectivity index (χ4v) is 4.27. The van der Waals surface area contributed by atoms with Crippen molar-refractivity contribution < 1.29 is 5.11 Å². The summed E-state index contributed by atoms with van der Waals surface area (Å²) in [4.78, 5) is 2.60. The monoisotopic (exact) mass is 288 g/mol. The number of hydrogen-bond acceptors (Lipinski definition) is 3. The summed E-state index contributed by atoms with van der Waals surface area (Å²) in [5.74, 6) is 1.77. The first-order valence-electron chi connectivity index (χ1n) is 8.41. The van der Waals surface area contributed by atoms with Crippen molar-refractivity contribution >= 4 is 0 Å². The lowest BCUT2D eigenvalue weighted by Crippen LogP contribution is -2.45. The predicted molar refractivity (Wildman–Crippen MR) is 86.1 cm³/mol. The zero-order chi connectivity index (χ0) is 14.7. The van der Waals surface area contributed by atoms with Crippen molar-refractivity contribution in [3.05, 3.63) is 35.9 Å². The molecule has 3 N–H and O–H groups in total. The largest absolute Gasteiger partial charge is 0.396 e. The van der Waals surface area contributed by atoms with Crippen LogP contribution in [-0.4, -0.2) is 42.3 Å². The number of nitrogens with two attached hydrogens (primary N) is 1. The Morgan fingerprint density at radius 1 is 1.14 bits per heavy atom. The van der Waals surface area contributed by atoms with Gasteiger partial charge in [0.2, 0.25) is 0 Å². The average Bonchev–Trinajstić information content (AvgIpc) is 3.04. The zero-order valence-electron chi connectivity index (χ0n) is 12.8. The van der Waals surface area contributed by atoms with Crippen molar-refractivity contribution in [2.45, 2.75) is 37.6 Å². The molecule has 1 saturated carbocycles. The molecule has 1 aliphatic heterocycles. The molecule has 21 heavy (non-hydrogen) atoms.